The molecule has 0 heterocycles. The molecule has 0 aromatic heterocycles. The van der Waals surface area contributed by atoms with Gasteiger partial charge in [0.15, 0.2) is 0 Å². The quantitative estimate of drug-likeness (QED) is 0.125. The zero-order valence-corrected chi connectivity index (χ0v) is 29.3. The Morgan fingerprint density at radius 3 is 1.32 bits per heavy atom. The van der Waals surface area contributed by atoms with E-state index in [1.54, 1.807) is 0 Å². The van der Waals surface area contributed by atoms with Crippen LogP contribution in [-0.4, -0.2) is 16.1 Å². The van der Waals surface area contributed by atoms with Crippen LogP contribution >= 0.6 is 0 Å². The predicted molar refractivity (Wildman–Crippen MR) is 172 cm³/mol. The molecule has 4 aromatic carbocycles. The first-order valence-electron chi connectivity index (χ1n) is 13.8. The summed E-state index contributed by atoms with van der Waals surface area (Å²) in [6.07, 6.45) is 5.32. The van der Waals surface area contributed by atoms with E-state index in [0.29, 0.717) is 0 Å². The molecule has 0 unspecified atom stereocenters. The molecule has 0 radical (unpaired) electrons. The van der Waals surface area contributed by atoms with E-state index in [9.17, 15) is 0 Å². The Labute approximate surface area is 249 Å². The van der Waals surface area contributed by atoms with Crippen molar-refractivity contribution in [3.63, 3.8) is 0 Å². The Hall–Kier alpha value is -1.04. The molecule has 0 saturated carbocycles. The summed E-state index contributed by atoms with van der Waals surface area (Å²) in [6, 6.07) is 21.7. The van der Waals surface area contributed by atoms with Gasteiger partial charge in [-0.25, -0.2) is 0 Å². The van der Waals surface area contributed by atoms with Crippen LogP contribution in [-0.2, 0) is 25.8 Å². The maximum atomic E-state index is 3.93. The monoisotopic (exact) mass is 560 g/mol. The minimum absolute atomic E-state index is 0. The van der Waals surface area contributed by atoms with E-state index in [1.165, 1.54) is 63.1 Å². The first-order valence-corrected chi connectivity index (χ1v) is 20.9. The molecule has 0 aliphatic heterocycles. The SMILES string of the molecule is Cc1ccc(C)c2[cH-]ccc12.Cc1ccc(C)c2[cH-]ccc12.[CH2-]CCCCC([Si](C)(C)C)[Si](C)(C)C.[Sc+3]. The molecule has 3 heteroatoms. The van der Waals surface area contributed by atoms with E-state index < -0.39 is 16.1 Å². The van der Waals surface area contributed by atoms with Gasteiger partial charge in [0.1, 0.15) is 0 Å². The summed E-state index contributed by atoms with van der Waals surface area (Å²) < 4.78 is 0. The normalized spacial score (nSPS) is 11.6. The number of unbranched alkanes of at least 4 members (excludes halogenated alkanes) is 2. The molecule has 0 spiro atoms. The molecule has 0 N–H and O–H groups in total. The van der Waals surface area contributed by atoms with Crippen molar-refractivity contribution in [3.05, 3.63) is 89.8 Å². The number of hydrogen-bond acceptors (Lipinski definition) is 0. The third-order valence-electron chi connectivity index (χ3n) is 7.58. The van der Waals surface area contributed by atoms with Crippen LogP contribution < -0.4 is 0 Å². The van der Waals surface area contributed by atoms with E-state index in [4.69, 9.17) is 0 Å². The fourth-order valence-electron chi connectivity index (χ4n) is 5.77. The zero-order chi connectivity index (χ0) is 27.1. The molecule has 4 aromatic rings. The van der Waals surface area contributed by atoms with Crippen LogP contribution in [0.4, 0.5) is 0 Å². The molecule has 0 nitrogen and oxygen atoms in total. The maximum Gasteiger partial charge on any atom is 3.00 e. The Bertz CT molecular complexity index is 1050. The second-order valence-corrected chi connectivity index (χ2v) is 24.2. The summed E-state index contributed by atoms with van der Waals surface area (Å²) in [5, 5.41) is 6.66. The van der Waals surface area contributed by atoms with Crippen molar-refractivity contribution in [3.8, 4) is 0 Å². The van der Waals surface area contributed by atoms with E-state index in [1.807, 2.05) is 0 Å². The van der Waals surface area contributed by atoms with Crippen LogP contribution in [0, 0.1) is 34.6 Å². The van der Waals surface area contributed by atoms with Crippen LogP contribution in [0.3, 0.4) is 0 Å². The van der Waals surface area contributed by atoms with Crippen molar-refractivity contribution in [2.75, 3.05) is 0 Å². The van der Waals surface area contributed by atoms with Gasteiger partial charge in [-0.05, 0) is 13.8 Å². The Morgan fingerprint density at radius 2 is 1.00 bits per heavy atom. The van der Waals surface area contributed by atoms with Crippen LogP contribution in [0.15, 0.2) is 60.7 Å². The minimum Gasteiger partial charge on any atom is -0.343 e. The summed E-state index contributed by atoms with van der Waals surface area (Å²) in [5.74, 6) is 0. The van der Waals surface area contributed by atoms with Crippen molar-refractivity contribution < 1.29 is 25.8 Å². The summed E-state index contributed by atoms with van der Waals surface area (Å²) in [5.41, 5.74) is 5.48. The molecule has 0 fully saturated rings. The van der Waals surface area contributed by atoms with Gasteiger partial charge in [-0.15, -0.1) is 56.9 Å². The fraction of sp³-hybridized carbons (Fsp3) is 0.441. The molecule has 0 aliphatic carbocycles. The van der Waals surface area contributed by atoms with Gasteiger partial charge in [-0.3, -0.25) is 0 Å². The molecule has 0 atom stereocenters. The van der Waals surface area contributed by atoms with Crippen molar-refractivity contribution in [1.29, 1.82) is 0 Å². The zero-order valence-electron chi connectivity index (χ0n) is 25.5. The van der Waals surface area contributed by atoms with Gasteiger partial charge in [0, 0.05) is 16.1 Å². The number of rotatable bonds is 6. The molecule has 0 amide bonds. The van der Waals surface area contributed by atoms with Gasteiger partial charge in [-0.2, -0.15) is 30.7 Å². The van der Waals surface area contributed by atoms with Gasteiger partial charge in [0.05, 0.1) is 0 Å². The first kappa shape index (κ1) is 34.0. The molecular weight excluding hydrogens is 510 g/mol. The summed E-state index contributed by atoms with van der Waals surface area (Å²) >= 11 is 0. The first-order chi connectivity index (χ1) is 16.8. The third-order valence-corrected chi connectivity index (χ3v) is 17.5. The number of fused-ring (bicyclic) bond motifs is 2. The average molecular weight is 561 g/mol. The number of hydrogen-bond donors (Lipinski definition) is 0. The van der Waals surface area contributed by atoms with Gasteiger partial charge < -0.3 is 6.92 Å². The van der Waals surface area contributed by atoms with Crippen LogP contribution in [0.1, 0.15) is 47.9 Å². The smallest absolute Gasteiger partial charge is 0.343 e. The molecule has 0 bridgehead atoms. The van der Waals surface area contributed by atoms with Gasteiger partial charge >= 0.3 is 25.8 Å². The molecule has 0 saturated heterocycles. The van der Waals surface area contributed by atoms with Gasteiger partial charge in [-0.1, -0.05) is 101 Å². The van der Waals surface area contributed by atoms with E-state index in [-0.39, 0.29) is 25.8 Å². The second-order valence-electron chi connectivity index (χ2n) is 12.7. The van der Waals surface area contributed by atoms with Crippen LogP contribution in [0.2, 0.25) is 44.4 Å². The summed E-state index contributed by atoms with van der Waals surface area (Å²) in [4.78, 5) is 0. The molecule has 0 aliphatic rings. The van der Waals surface area contributed by atoms with E-state index in [0.717, 1.165) is 11.6 Å². The van der Waals surface area contributed by atoms with Gasteiger partial charge in [0.2, 0.25) is 0 Å². The van der Waals surface area contributed by atoms with Crippen molar-refractivity contribution in [1.82, 2.24) is 0 Å². The Kier molecular flexibility index (Phi) is 13.7. The molecule has 4 rings (SSSR count). The second kappa shape index (κ2) is 14.9. The molecule has 37 heavy (non-hydrogen) atoms. The Balaban J connectivity index is 0.000000275. The van der Waals surface area contributed by atoms with Gasteiger partial charge in [0.25, 0.3) is 0 Å². The summed E-state index contributed by atoms with van der Waals surface area (Å²) in [6.45, 7) is 27.8. The van der Waals surface area contributed by atoms with Crippen LogP contribution in [0.25, 0.3) is 21.5 Å². The number of benzene rings is 2. The predicted octanol–water partition coefficient (Wildman–Crippen LogP) is 11.3. The fourth-order valence-corrected chi connectivity index (χ4v) is 18.3. The van der Waals surface area contributed by atoms with E-state index in [2.05, 4.69) is 135 Å². The number of aryl methyl sites for hydroxylation is 4. The summed E-state index contributed by atoms with van der Waals surface area (Å²) in [7, 11) is -1.86. The minimum atomic E-state index is -0.931. The standard InChI is InChI=1S/C12H29Si2.2C11H11.Sc/c1-8-9-10-11-12(13(2,3)4)14(5,6)7;2*1-8-6-7-9(2)11-5-3-4-10(8)11;/h12H,1,8-11H2,2-7H3;2*3-7H,1-2H3;/q3*-1;+3. The topological polar surface area (TPSA) is 0 Å². The largest absolute Gasteiger partial charge is 3.00 e. The molecule has 198 valence electrons. The maximum absolute atomic E-state index is 3.93. The molecular formula is C34H51ScSi2. The van der Waals surface area contributed by atoms with E-state index >= 15 is 0 Å². The average Bonchev–Trinajstić information content (AvgIpc) is 3.47. The van der Waals surface area contributed by atoms with Crippen molar-refractivity contribution >= 4 is 37.7 Å². The van der Waals surface area contributed by atoms with Crippen molar-refractivity contribution in [2.24, 2.45) is 0 Å². The van der Waals surface area contributed by atoms with Crippen LogP contribution in [0.5, 0.6) is 0 Å². The van der Waals surface area contributed by atoms with Crippen molar-refractivity contribution in [2.45, 2.75) is 97.8 Å². The Morgan fingerprint density at radius 1 is 0.622 bits per heavy atom. The third kappa shape index (κ3) is 9.90.